The van der Waals surface area contributed by atoms with Gasteiger partial charge in [-0.15, -0.1) is 0 Å². The van der Waals surface area contributed by atoms with E-state index >= 15 is 0 Å². The van der Waals surface area contributed by atoms with Crippen molar-refractivity contribution >= 4 is 15.7 Å². The monoisotopic (exact) mass is 292 g/mol. The Bertz CT molecular complexity index is 780. The number of nitrogens with zero attached hydrogens (tertiary/aromatic N) is 1. The second-order valence-electron chi connectivity index (χ2n) is 3.87. The van der Waals surface area contributed by atoms with E-state index in [1.165, 1.54) is 36.4 Å². The van der Waals surface area contributed by atoms with Crippen LogP contribution in [0.4, 0.5) is 10.1 Å². The maximum absolute atomic E-state index is 13.4. The molecule has 5 nitrogen and oxygen atoms in total. The number of aromatic hydroxyl groups is 1. The molecule has 20 heavy (non-hydrogen) atoms. The van der Waals surface area contributed by atoms with E-state index in [0.717, 1.165) is 6.07 Å². The van der Waals surface area contributed by atoms with Gasteiger partial charge in [0.15, 0.2) is 0 Å². The quantitative estimate of drug-likeness (QED) is 0.907. The van der Waals surface area contributed by atoms with Crippen LogP contribution in [0.1, 0.15) is 5.56 Å². The number of phenolic OH excluding ortho intramolecular Hbond substituents is 1. The molecule has 0 fully saturated rings. The molecule has 0 spiro atoms. The first-order valence-corrected chi connectivity index (χ1v) is 6.93. The highest BCUT2D eigenvalue weighted by Gasteiger charge is 2.17. The standard InChI is InChI=1S/C13H9FN2O3S/c14-12-2-1-3-13(11(12)8-15)16-20(18,19)10-6-4-9(17)5-7-10/h1-7,16-17H. The van der Waals surface area contributed by atoms with Gasteiger partial charge in [0, 0.05) is 0 Å². The average Bonchev–Trinajstić information content (AvgIpc) is 2.39. The van der Waals surface area contributed by atoms with Gasteiger partial charge >= 0.3 is 0 Å². The van der Waals surface area contributed by atoms with Crippen LogP contribution in [0, 0.1) is 17.1 Å². The summed E-state index contributed by atoms with van der Waals surface area (Å²) in [5.74, 6) is -0.883. The molecule has 0 bridgehead atoms. The molecule has 0 unspecified atom stereocenters. The predicted octanol–water partition coefficient (Wildman–Crippen LogP) is 2.20. The molecule has 0 amide bonds. The van der Waals surface area contributed by atoms with Crippen molar-refractivity contribution in [3.05, 3.63) is 53.8 Å². The third-order valence-electron chi connectivity index (χ3n) is 2.52. The van der Waals surface area contributed by atoms with Crippen LogP contribution in [-0.4, -0.2) is 13.5 Å². The first-order chi connectivity index (χ1) is 9.44. The predicted molar refractivity (Wildman–Crippen MR) is 70.0 cm³/mol. The van der Waals surface area contributed by atoms with Crippen LogP contribution in [0.25, 0.3) is 0 Å². The highest BCUT2D eigenvalue weighted by Crippen LogP contribution is 2.22. The molecule has 0 aliphatic rings. The van der Waals surface area contributed by atoms with Crippen LogP contribution in [0.3, 0.4) is 0 Å². The summed E-state index contributed by atoms with van der Waals surface area (Å²) in [5, 5.41) is 18.0. The number of halogens is 1. The Morgan fingerprint density at radius 3 is 2.40 bits per heavy atom. The third-order valence-corrected chi connectivity index (χ3v) is 3.90. The van der Waals surface area contributed by atoms with Crippen LogP contribution in [-0.2, 0) is 10.0 Å². The maximum atomic E-state index is 13.4. The van der Waals surface area contributed by atoms with Crippen molar-refractivity contribution in [1.29, 1.82) is 5.26 Å². The lowest BCUT2D eigenvalue weighted by molar-refractivity contribution is 0.475. The zero-order valence-electron chi connectivity index (χ0n) is 10.0. The summed E-state index contributed by atoms with van der Waals surface area (Å²) in [7, 11) is -3.96. The molecule has 0 atom stereocenters. The van der Waals surface area contributed by atoms with Crippen molar-refractivity contribution in [3.63, 3.8) is 0 Å². The largest absolute Gasteiger partial charge is 0.508 e. The number of nitriles is 1. The molecule has 0 saturated carbocycles. The fourth-order valence-corrected chi connectivity index (χ4v) is 2.62. The van der Waals surface area contributed by atoms with Crippen molar-refractivity contribution in [2.45, 2.75) is 4.90 Å². The lowest BCUT2D eigenvalue weighted by atomic mass is 10.2. The topological polar surface area (TPSA) is 90.2 Å². The molecular formula is C13H9FN2O3S. The number of sulfonamides is 1. The van der Waals surface area contributed by atoms with Crippen molar-refractivity contribution in [1.82, 2.24) is 0 Å². The fourth-order valence-electron chi connectivity index (χ4n) is 1.55. The van der Waals surface area contributed by atoms with Gasteiger partial charge in [0.05, 0.1) is 10.6 Å². The zero-order chi connectivity index (χ0) is 14.8. The minimum atomic E-state index is -3.96. The van der Waals surface area contributed by atoms with E-state index in [1.807, 2.05) is 0 Å². The third kappa shape index (κ3) is 2.70. The Labute approximate surface area is 115 Å². The van der Waals surface area contributed by atoms with Gasteiger partial charge in [-0.3, -0.25) is 4.72 Å². The first-order valence-electron chi connectivity index (χ1n) is 5.44. The summed E-state index contributed by atoms with van der Waals surface area (Å²) >= 11 is 0. The molecule has 0 saturated heterocycles. The van der Waals surface area contributed by atoms with Crippen molar-refractivity contribution in [2.24, 2.45) is 0 Å². The number of hydrogen-bond acceptors (Lipinski definition) is 4. The molecule has 0 aliphatic carbocycles. The van der Waals surface area contributed by atoms with Crippen molar-refractivity contribution in [3.8, 4) is 11.8 Å². The number of hydrogen-bond donors (Lipinski definition) is 2. The Kier molecular flexibility index (Phi) is 3.59. The SMILES string of the molecule is N#Cc1c(F)cccc1NS(=O)(=O)c1ccc(O)cc1. The van der Waals surface area contributed by atoms with E-state index in [1.54, 1.807) is 6.07 Å². The molecule has 7 heteroatoms. The van der Waals surface area contributed by atoms with Crippen LogP contribution in [0.15, 0.2) is 47.4 Å². The minimum Gasteiger partial charge on any atom is -0.508 e. The Hall–Kier alpha value is -2.59. The minimum absolute atomic E-state index is 0.0765. The number of anilines is 1. The van der Waals surface area contributed by atoms with Crippen LogP contribution in [0.2, 0.25) is 0 Å². The number of phenols is 1. The second kappa shape index (κ2) is 5.19. The average molecular weight is 292 g/mol. The van der Waals surface area contributed by atoms with Crippen molar-refractivity contribution < 1.29 is 17.9 Å². The number of rotatable bonds is 3. The van der Waals surface area contributed by atoms with E-state index in [2.05, 4.69) is 4.72 Å². The molecule has 0 radical (unpaired) electrons. The molecule has 2 aromatic rings. The molecule has 102 valence electrons. The van der Waals surface area contributed by atoms with Gasteiger partial charge in [-0.25, -0.2) is 12.8 Å². The molecule has 2 N–H and O–H groups in total. The Morgan fingerprint density at radius 2 is 1.80 bits per heavy atom. The van der Waals surface area contributed by atoms with Gasteiger partial charge in [-0.1, -0.05) is 6.07 Å². The number of nitrogens with one attached hydrogen (secondary N) is 1. The van der Waals surface area contributed by atoms with Gasteiger partial charge in [0.25, 0.3) is 10.0 Å². The normalized spacial score (nSPS) is 10.8. The summed E-state index contributed by atoms with van der Waals surface area (Å²) in [6.45, 7) is 0. The van der Waals surface area contributed by atoms with Gasteiger partial charge in [0.2, 0.25) is 0 Å². The first kappa shape index (κ1) is 13.8. The zero-order valence-corrected chi connectivity index (χ0v) is 10.9. The number of benzene rings is 2. The summed E-state index contributed by atoms with van der Waals surface area (Å²) < 4.78 is 39.7. The summed E-state index contributed by atoms with van der Waals surface area (Å²) in [6.07, 6.45) is 0. The van der Waals surface area contributed by atoms with E-state index in [9.17, 15) is 12.8 Å². The lowest BCUT2D eigenvalue weighted by Crippen LogP contribution is -2.14. The summed E-state index contributed by atoms with van der Waals surface area (Å²) in [5.41, 5.74) is -0.518. The molecule has 0 aliphatic heterocycles. The smallest absolute Gasteiger partial charge is 0.261 e. The van der Waals surface area contributed by atoms with Crippen LogP contribution < -0.4 is 4.72 Å². The van der Waals surface area contributed by atoms with Gasteiger partial charge in [-0.05, 0) is 36.4 Å². The highest BCUT2D eigenvalue weighted by atomic mass is 32.2. The van der Waals surface area contributed by atoms with E-state index in [4.69, 9.17) is 10.4 Å². The lowest BCUT2D eigenvalue weighted by Gasteiger charge is -2.09. The molecule has 0 heterocycles. The molecular weight excluding hydrogens is 283 g/mol. The van der Waals surface area contributed by atoms with Gasteiger partial charge in [0.1, 0.15) is 23.2 Å². The van der Waals surface area contributed by atoms with Crippen molar-refractivity contribution in [2.75, 3.05) is 4.72 Å². The van der Waals surface area contributed by atoms with E-state index in [-0.39, 0.29) is 21.9 Å². The highest BCUT2D eigenvalue weighted by molar-refractivity contribution is 7.92. The Morgan fingerprint density at radius 1 is 1.15 bits per heavy atom. The van der Waals surface area contributed by atoms with Crippen LogP contribution in [0.5, 0.6) is 5.75 Å². The second-order valence-corrected chi connectivity index (χ2v) is 5.56. The molecule has 0 aromatic heterocycles. The van der Waals surface area contributed by atoms with Gasteiger partial charge < -0.3 is 5.11 Å². The van der Waals surface area contributed by atoms with Gasteiger partial charge in [-0.2, -0.15) is 5.26 Å². The maximum Gasteiger partial charge on any atom is 0.261 e. The molecule has 2 rings (SSSR count). The summed E-state index contributed by atoms with van der Waals surface area (Å²) in [6, 6.07) is 10.1. The van der Waals surface area contributed by atoms with E-state index in [0.29, 0.717) is 0 Å². The molecule has 2 aromatic carbocycles. The fraction of sp³-hybridized carbons (Fsp3) is 0. The summed E-state index contributed by atoms with van der Waals surface area (Å²) in [4.78, 5) is -0.108. The van der Waals surface area contributed by atoms with Crippen LogP contribution >= 0.6 is 0 Å². The van der Waals surface area contributed by atoms with E-state index < -0.39 is 15.8 Å². The Balaban J connectivity index is 2.42.